The second-order valence-electron chi connectivity index (χ2n) is 3.46. The lowest BCUT2D eigenvalue weighted by Crippen LogP contribution is -2.22. The van der Waals surface area contributed by atoms with Crippen LogP contribution in [0.25, 0.3) is 0 Å². The van der Waals surface area contributed by atoms with Crippen molar-refractivity contribution in [2.75, 3.05) is 13.2 Å². The lowest BCUT2D eigenvalue weighted by atomic mass is 10.2. The number of aliphatic hydroxyl groups is 2. The summed E-state index contributed by atoms with van der Waals surface area (Å²) in [6.07, 6.45) is -4.97. The summed E-state index contributed by atoms with van der Waals surface area (Å²) in [5.41, 5.74) is -0.810. The number of hydrogen-bond donors (Lipinski definition) is 2. The fourth-order valence-corrected chi connectivity index (χ4v) is 1.27. The Morgan fingerprint density at radius 1 is 1.24 bits per heavy atom. The third kappa shape index (κ3) is 4.24. The van der Waals surface area contributed by atoms with Gasteiger partial charge >= 0.3 is 6.18 Å². The van der Waals surface area contributed by atoms with Crippen LogP contribution >= 0.6 is 0 Å². The van der Waals surface area contributed by atoms with E-state index in [0.29, 0.717) is 0 Å². The zero-order chi connectivity index (χ0) is 12.9. The van der Waals surface area contributed by atoms with Gasteiger partial charge in [-0.3, -0.25) is 0 Å². The number of alkyl halides is 3. The van der Waals surface area contributed by atoms with E-state index in [0.717, 1.165) is 12.1 Å². The summed E-state index contributed by atoms with van der Waals surface area (Å²) in [5, 5.41) is 17.5. The minimum Gasteiger partial charge on any atom is -0.488 e. The van der Waals surface area contributed by atoms with E-state index in [4.69, 9.17) is 14.9 Å². The molecular weight excluding hydrogens is 237 g/mol. The van der Waals surface area contributed by atoms with E-state index in [1.165, 1.54) is 12.1 Å². The van der Waals surface area contributed by atoms with Gasteiger partial charge in [0, 0.05) is 13.0 Å². The molecule has 0 saturated heterocycles. The van der Waals surface area contributed by atoms with Crippen molar-refractivity contribution in [3.8, 4) is 5.75 Å². The summed E-state index contributed by atoms with van der Waals surface area (Å²) < 4.78 is 42.3. The first-order valence-electron chi connectivity index (χ1n) is 5.03. The quantitative estimate of drug-likeness (QED) is 0.838. The minimum absolute atomic E-state index is 0.0207. The van der Waals surface area contributed by atoms with E-state index in [1.807, 2.05) is 0 Å². The number of rotatable bonds is 5. The molecule has 0 saturated carbocycles. The van der Waals surface area contributed by atoms with E-state index in [1.54, 1.807) is 0 Å². The van der Waals surface area contributed by atoms with Gasteiger partial charge in [0.05, 0.1) is 12.2 Å². The molecule has 0 bridgehead atoms. The molecule has 0 spiro atoms. The van der Waals surface area contributed by atoms with Gasteiger partial charge in [0.15, 0.2) is 0 Å². The molecule has 0 heterocycles. The van der Waals surface area contributed by atoms with Crippen LogP contribution in [-0.2, 0) is 6.18 Å². The normalized spacial score (nSPS) is 13.5. The Kier molecular flexibility index (Phi) is 4.77. The van der Waals surface area contributed by atoms with E-state index < -0.39 is 17.8 Å². The highest BCUT2D eigenvalue weighted by atomic mass is 19.4. The lowest BCUT2D eigenvalue weighted by molar-refractivity contribution is -0.137. The van der Waals surface area contributed by atoms with E-state index in [2.05, 4.69) is 0 Å². The van der Waals surface area contributed by atoms with Gasteiger partial charge < -0.3 is 14.9 Å². The molecule has 17 heavy (non-hydrogen) atoms. The van der Waals surface area contributed by atoms with Crippen LogP contribution in [-0.4, -0.2) is 29.5 Å². The maximum Gasteiger partial charge on any atom is 0.416 e. The number of halogens is 3. The summed E-state index contributed by atoms with van der Waals surface area (Å²) in [7, 11) is 0. The Bertz CT molecular complexity index is 352. The van der Waals surface area contributed by atoms with E-state index in [-0.39, 0.29) is 25.4 Å². The predicted octanol–water partition coefficient (Wildman–Crippen LogP) is 1.83. The Labute approximate surface area is 96.5 Å². The van der Waals surface area contributed by atoms with Crippen molar-refractivity contribution < 1.29 is 28.1 Å². The molecule has 0 aromatic heterocycles. The summed E-state index contributed by atoms with van der Waals surface area (Å²) in [5.74, 6) is 0.0207. The molecule has 1 atom stereocenters. The molecular formula is C11H13F3O3. The van der Waals surface area contributed by atoms with Crippen molar-refractivity contribution in [1.29, 1.82) is 0 Å². The van der Waals surface area contributed by atoms with Gasteiger partial charge in [-0.1, -0.05) is 6.07 Å². The molecule has 0 aliphatic heterocycles. The molecule has 1 aromatic rings. The highest BCUT2D eigenvalue weighted by molar-refractivity contribution is 5.30. The molecule has 6 heteroatoms. The van der Waals surface area contributed by atoms with Crippen LogP contribution in [0, 0.1) is 0 Å². The maximum absolute atomic E-state index is 12.4. The van der Waals surface area contributed by atoms with Gasteiger partial charge in [0.2, 0.25) is 0 Å². The summed E-state index contributed by atoms with van der Waals surface area (Å²) >= 11 is 0. The topological polar surface area (TPSA) is 49.7 Å². The largest absolute Gasteiger partial charge is 0.488 e. The molecule has 0 amide bonds. The molecule has 0 aliphatic carbocycles. The van der Waals surface area contributed by atoms with Crippen molar-refractivity contribution >= 4 is 0 Å². The molecule has 0 unspecified atom stereocenters. The SMILES string of the molecule is OCC[C@H](CO)Oc1cccc(C(F)(F)F)c1. The van der Waals surface area contributed by atoms with Crippen LogP contribution in [0.1, 0.15) is 12.0 Å². The van der Waals surface area contributed by atoms with Crippen LogP contribution in [0.2, 0.25) is 0 Å². The zero-order valence-corrected chi connectivity index (χ0v) is 8.94. The summed E-state index contributed by atoms with van der Waals surface area (Å²) in [6.45, 7) is -0.568. The van der Waals surface area contributed by atoms with Crippen molar-refractivity contribution in [1.82, 2.24) is 0 Å². The number of aliphatic hydroxyl groups excluding tert-OH is 2. The van der Waals surface area contributed by atoms with Gasteiger partial charge in [-0.15, -0.1) is 0 Å². The molecule has 3 nitrogen and oxygen atoms in total. The lowest BCUT2D eigenvalue weighted by Gasteiger charge is -2.16. The standard InChI is InChI=1S/C11H13F3O3/c12-11(13,14)8-2-1-3-9(6-8)17-10(7-16)4-5-15/h1-3,6,10,15-16H,4-5,7H2/t10-/m1/s1. The average molecular weight is 250 g/mol. The highest BCUT2D eigenvalue weighted by Crippen LogP contribution is 2.31. The Hall–Kier alpha value is -1.27. The van der Waals surface area contributed by atoms with Crippen LogP contribution in [0.5, 0.6) is 5.75 Å². The highest BCUT2D eigenvalue weighted by Gasteiger charge is 2.30. The van der Waals surface area contributed by atoms with Gasteiger partial charge in [-0.2, -0.15) is 13.2 Å². The molecule has 1 aromatic carbocycles. The van der Waals surface area contributed by atoms with Crippen LogP contribution in [0.4, 0.5) is 13.2 Å². The Morgan fingerprint density at radius 2 is 1.94 bits per heavy atom. The van der Waals surface area contributed by atoms with Gasteiger partial charge in [-0.05, 0) is 18.2 Å². The summed E-state index contributed by atoms with van der Waals surface area (Å²) in [4.78, 5) is 0. The molecule has 96 valence electrons. The first-order chi connectivity index (χ1) is 7.97. The second kappa shape index (κ2) is 5.88. The van der Waals surface area contributed by atoms with Gasteiger partial charge in [-0.25, -0.2) is 0 Å². The minimum atomic E-state index is -4.43. The van der Waals surface area contributed by atoms with Crippen LogP contribution in [0.15, 0.2) is 24.3 Å². The molecule has 1 rings (SSSR count). The van der Waals surface area contributed by atoms with E-state index >= 15 is 0 Å². The monoisotopic (exact) mass is 250 g/mol. The van der Waals surface area contributed by atoms with Crippen molar-refractivity contribution in [3.05, 3.63) is 29.8 Å². The Balaban J connectivity index is 2.78. The van der Waals surface area contributed by atoms with Crippen molar-refractivity contribution in [2.24, 2.45) is 0 Å². The second-order valence-corrected chi connectivity index (χ2v) is 3.46. The number of benzene rings is 1. The molecule has 2 N–H and O–H groups in total. The fourth-order valence-electron chi connectivity index (χ4n) is 1.27. The smallest absolute Gasteiger partial charge is 0.416 e. The third-order valence-corrected chi connectivity index (χ3v) is 2.12. The van der Waals surface area contributed by atoms with Crippen molar-refractivity contribution in [2.45, 2.75) is 18.7 Å². The first kappa shape index (κ1) is 13.8. The zero-order valence-electron chi connectivity index (χ0n) is 8.94. The predicted molar refractivity (Wildman–Crippen MR) is 54.6 cm³/mol. The molecule has 0 fully saturated rings. The van der Waals surface area contributed by atoms with Crippen molar-refractivity contribution in [3.63, 3.8) is 0 Å². The number of ether oxygens (including phenoxy) is 1. The summed E-state index contributed by atoms with van der Waals surface area (Å²) in [6, 6.07) is 4.40. The molecule has 0 radical (unpaired) electrons. The van der Waals surface area contributed by atoms with Crippen LogP contribution in [0.3, 0.4) is 0 Å². The van der Waals surface area contributed by atoms with E-state index in [9.17, 15) is 13.2 Å². The fraction of sp³-hybridized carbons (Fsp3) is 0.455. The Morgan fingerprint density at radius 3 is 2.47 bits per heavy atom. The van der Waals surface area contributed by atoms with Crippen LogP contribution < -0.4 is 4.74 Å². The maximum atomic E-state index is 12.4. The average Bonchev–Trinajstić information content (AvgIpc) is 2.28. The van der Waals surface area contributed by atoms with Gasteiger partial charge in [0.1, 0.15) is 11.9 Å². The van der Waals surface area contributed by atoms with Gasteiger partial charge in [0.25, 0.3) is 0 Å². The first-order valence-corrected chi connectivity index (χ1v) is 5.03. The number of hydrogen-bond acceptors (Lipinski definition) is 3. The molecule has 0 aliphatic rings. The third-order valence-electron chi connectivity index (χ3n) is 2.12.